The van der Waals surface area contributed by atoms with Crippen molar-refractivity contribution in [1.82, 2.24) is 4.90 Å². The topological polar surface area (TPSA) is 57.6 Å². The molecule has 0 aromatic heterocycles. The normalized spacial score (nSPS) is 31.2. The summed E-state index contributed by atoms with van der Waals surface area (Å²) < 4.78 is 0. The molecule has 4 heteroatoms. The van der Waals surface area contributed by atoms with E-state index in [0.29, 0.717) is 12.5 Å². The zero-order valence-corrected chi connectivity index (χ0v) is 7.56. The molecule has 0 radical (unpaired) electrons. The molecule has 2 saturated carbocycles. The average Bonchev–Trinajstić information content (AvgIpc) is 2.91. The molecular weight excluding hydrogens is 170 g/mol. The van der Waals surface area contributed by atoms with Crippen LogP contribution in [-0.2, 0) is 9.59 Å². The molecule has 1 N–H and O–H groups in total. The predicted molar refractivity (Wildman–Crippen MR) is 45.0 cm³/mol. The zero-order chi connectivity index (χ0) is 9.59. The van der Waals surface area contributed by atoms with Crippen molar-refractivity contribution in [1.29, 1.82) is 0 Å². The highest BCUT2D eigenvalue weighted by molar-refractivity contribution is 5.89. The van der Waals surface area contributed by atoms with E-state index in [2.05, 4.69) is 0 Å². The molecule has 2 aliphatic carbocycles. The lowest BCUT2D eigenvalue weighted by Crippen LogP contribution is -2.31. The lowest BCUT2D eigenvalue weighted by molar-refractivity contribution is -0.141. The number of amides is 1. The Morgan fingerprint density at radius 2 is 1.92 bits per heavy atom. The summed E-state index contributed by atoms with van der Waals surface area (Å²) in [5, 5.41) is 8.64. The first-order valence-corrected chi connectivity index (χ1v) is 4.60. The highest BCUT2D eigenvalue weighted by Gasteiger charge is 2.50. The molecule has 2 aliphatic rings. The molecule has 0 aromatic rings. The number of hydrogen-bond donors (Lipinski definition) is 1. The van der Waals surface area contributed by atoms with Crippen LogP contribution in [0, 0.1) is 11.8 Å². The van der Waals surface area contributed by atoms with Crippen LogP contribution in [0.25, 0.3) is 0 Å². The van der Waals surface area contributed by atoms with Crippen LogP contribution in [0.3, 0.4) is 0 Å². The van der Waals surface area contributed by atoms with Gasteiger partial charge in [-0.2, -0.15) is 0 Å². The van der Waals surface area contributed by atoms with Crippen molar-refractivity contribution in [2.45, 2.75) is 25.3 Å². The number of rotatable bonds is 3. The maximum atomic E-state index is 11.6. The summed E-state index contributed by atoms with van der Waals surface area (Å²) in [4.78, 5) is 23.8. The second-order valence-corrected chi connectivity index (χ2v) is 3.97. The molecule has 72 valence electrons. The third kappa shape index (κ3) is 1.53. The summed E-state index contributed by atoms with van der Waals surface area (Å²) in [5.74, 6) is -1.45. The van der Waals surface area contributed by atoms with Gasteiger partial charge in [0.25, 0.3) is 0 Å². The predicted octanol–water partition coefficient (Wildman–Crippen LogP) is 0.328. The SMILES string of the molecule is CN(C(=O)[C@@H]1C[C@@H]1C(=O)O)C1CC1. The number of carbonyl (C=O) groups excluding carboxylic acids is 1. The van der Waals surface area contributed by atoms with Gasteiger partial charge in [-0.25, -0.2) is 0 Å². The standard InChI is InChI=1S/C9H13NO3/c1-10(5-2-3-5)8(11)6-4-7(6)9(12)13/h5-7H,2-4H2,1H3,(H,12,13)/t6-,7+/m1/s1. The molecule has 1 amide bonds. The molecule has 0 saturated heterocycles. The Kier molecular flexibility index (Phi) is 1.78. The van der Waals surface area contributed by atoms with Crippen LogP contribution < -0.4 is 0 Å². The van der Waals surface area contributed by atoms with E-state index in [4.69, 9.17) is 5.11 Å². The van der Waals surface area contributed by atoms with E-state index >= 15 is 0 Å². The maximum absolute atomic E-state index is 11.6. The zero-order valence-electron chi connectivity index (χ0n) is 7.56. The highest BCUT2D eigenvalue weighted by Crippen LogP contribution is 2.41. The Morgan fingerprint density at radius 1 is 1.31 bits per heavy atom. The third-order valence-corrected chi connectivity index (χ3v) is 2.87. The van der Waals surface area contributed by atoms with Gasteiger partial charge >= 0.3 is 5.97 Å². The monoisotopic (exact) mass is 183 g/mol. The molecule has 0 aromatic carbocycles. The van der Waals surface area contributed by atoms with Gasteiger partial charge in [0.1, 0.15) is 0 Å². The van der Waals surface area contributed by atoms with E-state index < -0.39 is 11.9 Å². The molecule has 0 aliphatic heterocycles. The van der Waals surface area contributed by atoms with Crippen LogP contribution in [0.1, 0.15) is 19.3 Å². The minimum Gasteiger partial charge on any atom is -0.481 e. The molecule has 4 nitrogen and oxygen atoms in total. The van der Waals surface area contributed by atoms with Crippen molar-refractivity contribution in [3.05, 3.63) is 0 Å². The molecule has 2 atom stereocenters. The molecule has 0 unspecified atom stereocenters. The van der Waals surface area contributed by atoms with Crippen molar-refractivity contribution in [2.75, 3.05) is 7.05 Å². The molecule has 0 heterocycles. The summed E-state index contributed by atoms with van der Waals surface area (Å²) in [5.41, 5.74) is 0. The fourth-order valence-corrected chi connectivity index (χ4v) is 1.64. The van der Waals surface area contributed by atoms with Crippen molar-refractivity contribution in [2.24, 2.45) is 11.8 Å². The Morgan fingerprint density at radius 3 is 2.31 bits per heavy atom. The number of aliphatic carboxylic acids is 1. The van der Waals surface area contributed by atoms with Crippen molar-refractivity contribution < 1.29 is 14.7 Å². The lowest BCUT2D eigenvalue weighted by atomic mass is 10.3. The van der Waals surface area contributed by atoms with E-state index in [9.17, 15) is 9.59 Å². The van der Waals surface area contributed by atoms with Crippen molar-refractivity contribution in [3.8, 4) is 0 Å². The van der Waals surface area contributed by atoms with Gasteiger partial charge in [-0.15, -0.1) is 0 Å². The summed E-state index contributed by atoms with van der Waals surface area (Å²) in [6.07, 6.45) is 2.69. The first-order valence-electron chi connectivity index (χ1n) is 4.60. The third-order valence-electron chi connectivity index (χ3n) is 2.87. The van der Waals surface area contributed by atoms with Crippen LogP contribution in [0.15, 0.2) is 0 Å². The highest BCUT2D eigenvalue weighted by atomic mass is 16.4. The van der Waals surface area contributed by atoms with E-state index in [1.807, 2.05) is 0 Å². The van der Waals surface area contributed by atoms with Crippen molar-refractivity contribution >= 4 is 11.9 Å². The van der Waals surface area contributed by atoms with Gasteiger partial charge in [-0.05, 0) is 19.3 Å². The second kappa shape index (κ2) is 2.72. The van der Waals surface area contributed by atoms with Gasteiger partial charge in [0.05, 0.1) is 11.8 Å². The first-order chi connectivity index (χ1) is 6.11. The average molecular weight is 183 g/mol. The number of hydrogen-bond acceptors (Lipinski definition) is 2. The number of carboxylic acids is 1. The van der Waals surface area contributed by atoms with Gasteiger partial charge in [0.2, 0.25) is 5.91 Å². The summed E-state index contributed by atoms with van der Waals surface area (Å²) in [6.45, 7) is 0. The van der Waals surface area contributed by atoms with E-state index in [1.54, 1.807) is 11.9 Å². The summed E-state index contributed by atoms with van der Waals surface area (Å²) in [6, 6.07) is 0.391. The van der Waals surface area contributed by atoms with E-state index in [-0.39, 0.29) is 11.8 Å². The minimum atomic E-state index is -0.831. The fourth-order valence-electron chi connectivity index (χ4n) is 1.64. The molecule has 0 spiro atoms. The lowest BCUT2D eigenvalue weighted by Gasteiger charge is -2.15. The van der Waals surface area contributed by atoms with E-state index in [0.717, 1.165) is 12.8 Å². The van der Waals surface area contributed by atoms with Gasteiger partial charge < -0.3 is 10.0 Å². The Hall–Kier alpha value is -1.06. The van der Waals surface area contributed by atoms with Crippen LogP contribution in [-0.4, -0.2) is 35.0 Å². The molecule has 2 rings (SSSR count). The second-order valence-electron chi connectivity index (χ2n) is 3.97. The maximum Gasteiger partial charge on any atom is 0.307 e. The van der Waals surface area contributed by atoms with Crippen LogP contribution in [0.5, 0.6) is 0 Å². The van der Waals surface area contributed by atoms with E-state index in [1.165, 1.54) is 0 Å². The molecule has 0 bridgehead atoms. The Bertz CT molecular complexity index is 260. The quantitative estimate of drug-likeness (QED) is 0.685. The van der Waals surface area contributed by atoms with Crippen LogP contribution in [0.2, 0.25) is 0 Å². The molecule has 2 fully saturated rings. The first kappa shape index (κ1) is 8.53. The van der Waals surface area contributed by atoms with Gasteiger partial charge in [-0.3, -0.25) is 9.59 Å². The van der Waals surface area contributed by atoms with Gasteiger partial charge in [-0.1, -0.05) is 0 Å². The number of nitrogens with zero attached hydrogens (tertiary/aromatic N) is 1. The Balaban J connectivity index is 1.88. The fraction of sp³-hybridized carbons (Fsp3) is 0.778. The van der Waals surface area contributed by atoms with Crippen LogP contribution >= 0.6 is 0 Å². The Labute approximate surface area is 76.5 Å². The van der Waals surface area contributed by atoms with Crippen LogP contribution in [0.4, 0.5) is 0 Å². The smallest absolute Gasteiger partial charge is 0.307 e. The summed E-state index contributed by atoms with van der Waals surface area (Å²) >= 11 is 0. The summed E-state index contributed by atoms with van der Waals surface area (Å²) in [7, 11) is 1.78. The minimum absolute atomic E-state index is 0.0231. The number of carboxylic acid groups (broad SMARTS) is 1. The largest absolute Gasteiger partial charge is 0.481 e. The number of carbonyl (C=O) groups is 2. The molecular formula is C9H13NO3. The molecule has 13 heavy (non-hydrogen) atoms. The van der Waals surface area contributed by atoms with Gasteiger partial charge in [0, 0.05) is 13.1 Å². The van der Waals surface area contributed by atoms with Crippen molar-refractivity contribution in [3.63, 3.8) is 0 Å². The van der Waals surface area contributed by atoms with Gasteiger partial charge in [0.15, 0.2) is 0 Å².